The Labute approximate surface area is 80.4 Å². The van der Waals surface area contributed by atoms with Gasteiger partial charge in [-0.3, -0.25) is 4.79 Å². The minimum Gasteiger partial charge on any atom is -0.388 e. The van der Waals surface area contributed by atoms with Crippen molar-refractivity contribution in [1.29, 1.82) is 0 Å². The van der Waals surface area contributed by atoms with Gasteiger partial charge in [0.2, 0.25) is 0 Å². The first-order valence-corrected chi connectivity index (χ1v) is 5.14. The van der Waals surface area contributed by atoms with E-state index in [9.17, 15) is 4.79 Å². The molecule has 1 aliphatic rings. The Balaban J connectivity index is 2.31. The number of hydrogen-bond acceptors (Lipinski definition) is 2. The smallest absolute Gasteiger partial charge is 0.156 e. The van der Waals surface area contributed by atoms with Crippen molar-refractivity contribution in [2.75, 3.05) is 0 Å². The monoisotopic (exact) mass is 181 g/mol. The van der Waals surface area contributed by atoms with Gasteiger partial charge in [0.25, 0.3) is 0 Å². The van der Waals surface area contributed by atoms with E-state index in [1.165, 1.54) is 32.1 Å². The molecular weight excluding hydrogens is 162 g/mol. The van der Waals surface area contributed by atoms with Crippen molar-refractivity contribution in [2.45, 2.75) is 52.0 Å². The van der Waals surface area contributed by atoms with Crippen LogP contribution in [0.4, 0.5) is 0 Å². The fourth-order valence-corrected chi connectivity index (χ4v) is 1.61. The molecule has 2 nitrogen and oxygen atoms in total. The van der Waals surface area contributed by atoms with Gasteiger partial charge in [0.1, 0.15) is 0 Å². The van der Waals surface area contributed by atoms with E-state index >= 15 is 0 Å². The normalized spacial score (nSPS) is 20.0. The largest absolute Gasteiger partial charge is 0.388 e. The number of rotatable bonds is 3. The van der Waals surface area contributed by atoms with Gasteiger partial charge in [-0.25, -0.2) is 0 Å². The maximum absolute atomic E-state index is 10.9. The number of carbonyl (C=O) groups is 1. The fraction of sp³-hybridized carbons (Fsp3) is 0.727. The molecule has 0 bridgehead atoms. The van der Waals surface area contributed by atoms with E-state index in [0.717, 1.165) is 5.57 Å². The van der Waals surface area contributed by atoms with E-state index in [2.05, 4.69) is 5.32 Å². The lowest BCUT2D eigenvalue weighted by Crippen LogP contribution is -2.27. The maximum Gasteiger partial charge on any atom is 0.156 e. The van der Waals surface area contributed by atoms with Crippen molar-refractivity contribution in [3.8, 4) is 0 Å². The van der Waals surface area contributed by atoms with Crippen molar-refractivity contribution in [3.05, 3.63) is 11.8 Å². The second-order valence-electron chi connectivity index (χ2n) is 3.89. The van der Waals surface area contributed by atoms with Crippen molar-refractivity contribution in [1.82, 2.24) is 5.32 Å². The van der Waals surface area contributed by atoms with Gasteiger partial charge in [0, 0.05) is 17.8 Å². The summed E-state index contributed by atoms with van der Waals surface area (Å²) in [5.41, 5.74) is 0.825. The molecule has 0 spiro atoms. The Morgan fingerprint density at radius 3 is 2.38 bits per heavy atom. The zero-order valence-electron chi connectivity index (χ0n) is 8.60. The van der Waals surface area contributed by atoms with Crippen LogP contribution in [-0.2, 0) is 4.79 Å². The molecule has 2 heteroatoms. The summed E-state index contributed by atoms with van der Waals surface area (Å²) in [7, 11) is 0. The summed E-state index contributed by atoms with van der Waals surface area (Å²) in [5.74, 6) is 0.156. The summed E-state index contributed by atoms with van der Waals surface area (Å²) in [6, 6.07) is 0.600. The van der Waals surface area contributed by atoms with Gasteiger partial charge in [-0.2, -0.15) is 0 Å². The van der Waals surface area contributed by atoms with E-state index in [-0.39, 0.29) is 5.78 Å². The third kappa shape index (κ3) is 3.62. The van der Waals surface area contributed by atoms with Gasteiger partial charge in [-0.15, -0.1) is 0 Å². The average molecular weight is 181 g/mol. The molecule has 74 valence electrons. The standard InChI is InChI=1S/C11H19NO/c1-9(10(2)13)8-12-11-6-4-3-5-7-11/h8,11-12H,3-7H2,1-2H3. The van der Waals surface area contributed by atoms with E-state index in [1.54, 1.807) is 6.92 Å². The van der Waals surface area contributed by atoms with E-state index in [0.29, 0.717) is 6.04 Å². The summed E-state index contributed by atoms with van der Waals surface area (Å²) >= 11 is 0. The van der Waals surface area contributed by atoms with Crippen LogP contribution in [0.5, 0.6) is 0 Å². The Morgan fingerprint density at radius 1 is 1.23 bits per heavy atom. The molecule has 1 saturated carbocycles. The van der Waals surface area contributed by atoms with E-state index in [1.807, 2.05) is 13.1 Å². The van der Waals surface area contributed by atoms with Gasteiger partial charge >= 0.3 is 0 Å². The Kier molecular flexibility index (Phi) is 4.00. The fourth-order valence-electron chi connectivity index (χ4n) is 1.61. The highest BCUT2D eigenvalue weighted by Crippen LogP contribution is 2.17. The molecule has 0 aromatic rings. The van der Waals surface area contributed by atoms with Crippen LogP contribution < -0.4 is 5.32 Å². The molecule has 1 rings (SSSR count). The predicted octanol–water partition coefficient (Wildman–Crippen LogP) is 2.40. The van der Waals surface area contributed by atoms with Crippen LogP contribution in [0.25, 0.3) is 0 Å². The molecule has 1 fully saturated rings. The lowest BCUT2D eigenvalue weighted by molar-refractivity contribution is -0.113. The highest BCUT2D eigenvalue weighted by molar-refractivity contribution is 5.92. The lowest BCUT2D eigenvalue weighted by Gasteiger charge is -2.21. The molecule has 0 amide bonds. The average Bonchev–Trinajstić information content (AvgIpc) is 2.15. The number of nitrogens with one attached hydrogen (secondary N) is 1. The van der Waals surface area contributed by atoms with Gasteiger partial charge in [-0.1, -0.05) is 19.3 Å². The van der Waals surface area contributed by atoms with Gasteiger partial charge in [0.15, 0.2) is 5.78 Å². The summed E-state index contributed by atoms with van der Waals surface area (Å²) in [5, 5.41) is 3.32. The molecule has 0 aromatic carbocycles. The molecule has 0 aliphatic heterocycles. The number of allylic oxidation sites excluding steroid dienone is 1. The molecule has 1 aliphatic carbocycles. The molecule has 0 aromatic heterocycles. The van der Waals surface area contributed by atoms with Gasteiger partial charge < -0.3 is 5.32 Å². The first-order valence-electron chi connectivity index (χ1n) is 5.14. The Bertz CT molecular complexity index is 202. The minimum absolute atomic E-state index is 0.156. The zero-order chi connectivity index (χ0) is 9.68. The van der Waals surface area contributed by atoms with Crippen LogP contribution >= 0.6 is 0 Å². The molecule has 13 heavy (non-hydrogen) atoms. The SMILES string of the molecule is CC(=O)C(C)=CNC1CCCCC1. The summed E-state index contributed by atoms with van der Waals surface area (Å²) < 4.78 is 0. The number of ketones is 1. The van der Waals surface area contributed by atoms with E-state index < -0.39 is 0 Å². The van der Waals surface area contributed by atoms with Crippen LogP contribution in [0, 0.1) is 0 Å². The number of Topliss-reactive ketones (excluding diaryl/α,β-unsaturated/α-hetero) is 1. The molecule has 1 N–H and O–H groups in total. The van der Waals surface area contributed by atoms with Gasteiger partial charge in [-0.05, 0) is 26.7 Å². The maximum atomic E-state index is 10.9. The van der Waals surface area contributed by atoms with Crippen molar-refractivity contribution < 1.29 is 4.79 Å². The third-order valence-corrected chi connectivity index (χ3v) is 2.70. The number of carbonyl (C=O) groups excluding carboxylic acids is 1. The quantitative estimate of drug-likeness (QED) is 0.677. The summed E-state index contributed by atoms with van der Waals surface area (Å²) in [6.45, 7) is 3.46. The molecule has 0 atom stereocenters. The van der Waals surface area contributed by atoms with Crippen LogP contribution in [0.3, 0.4) is 0 Å². The third-order valence-electron chi connectivity index (χ3n) is 2.70. The van der Waals surface area contributed by atoms with E-state index in [4.69, 9.17) is 0 Å². The summed E-state index contributed by atoms with van der Waals surface area (Å²) in [4.78, 5) is 10.9. The zero-order valence-corrected chi connectivity index (χ0v) is 8.60. The molecule has 0 heterocycles. The first-order chi connectivity index (χ1) is 6.20. The van der Waals surface area contributed by atoms with Crippen molar-refractivity contribution in [2.24, 2.45) is 0 Å². The molecule has 0 unspecified atom stereocenters. The first kappa shape index (κ1) is 10.3. The Morgan fingerprint density at radius 2 is 1.85 bits per heavy atom. The topological polar surface area (TPSA) is 29.1 Å². The second-order valence-corrected chi connectivity index (χ2v) is 3.89. The molecule has 0 radical (unpaired) electrons. The minimum atomic E-state index is 0.156. The number of hydrogen-bond donors (Lipinski definition) is 1. The highest BCUT2D eigenvalue weighted by Gasteiger charge is 2.11. The van der Waals surface area contributed by atoms with Crippen LogP contribution in [0.1, 0.15) is 46.0 Å². The lowest BCUT2D eigenvalue weighted by atomic mass is 9.96. The second kappa shape index (κ2) is 5.05. The predicted molar refractivity (Wildman–Crippen MR) is 54.4 cm³/mol. The highest BCUT2D eigenvalue weighted by atomic mass is 16.1. The Hall–Kier alpha value is -0.790. The van der Waals surface area contributed by atoms with Crippen molar-refractivity contribution in [3.63, 3.8) is 0 Å². The van der Waals surface area contributed by atoms with Crippen molar-refractivity contribution >= 4 is 5.78 Å². The van der Waals surface area contributed by atoms with Crippen LogP contribution in [0.15, 0.2) is 11.8 Å². The summed E-state index contributed by atoms with van der Waals surface area (Å²) in [6.07, 6.45) is 8.39. The molecule has 0 saturated heterocycles. The molecular formula is C11H19NO. The van der Waals surface area contributed by atoms with Crippen LogP contribution in [-0.4, -0.2) is 11.8 Å². The van der Waals surface area contributed by atoms with Gasteiger partial charge in [0.05, 0.1) is 0 Å². The van der Waals surface area contributed by atoms with Crippen LogP contribution in [0.2, 0.25) is 0 Å².